The highest BCUT2D eigenvalue weighted by atomic mass is 32.1. The van der Waals surface area contributed by atoms with Crippen LogP contribution in [0.1, 0.15) is 18.7 Å². The van der Waals surface area contributed by atoms with Crippen LogP contribution < -0.4 is 15.5 Å². The summed E-state index contributed by atoms with van der Waals surface area (Å²) in [5.74, 6) is -0.235. The van der Waals surface area contributed by atoms with Crippen molar-refractivity contribution in [1.82, 2.24) is 4.90 Å². The Morgan fingerprint density at radius 1 is 1.14 bits per heavy atom. The zero-order valence-corrected chi connectivity index (χ0v) is 16.8. The lowest BCUT2D eigenvalue weighted by Crippen LogP contribution is -2.52. The molecule has 0 saturated carbocycles. The third-order valence-electron chi connectivity index (χ3n) is 4.78. The van der Waals surface area contributed by atoms with Crippen LogP contribution in [0.25, 0.3) is 0 Å². The predicted octanol–water partition coefficient (Wildman–Crippen LogP) is 2.73. The molecule has 1 atom stereocenters. The number of carbonyl (C=O) groups is 2. The summed E-state index contributed by atoms with van der Waals surface area (Å²) in [5, 5.41) is 16.8. The molecule has 146 valence electrons. The van der Waals surface area contributed by atoms with Gasteiger partial charge in [0.25, 0.3) is 0 Å². The minimum absolute atomic E-state index is 0.0818. The van der Waals surface area contributed by atoms with Crippen molar-refractivity contribution in [2.24, 2.45) is 0 Å². The number of anilines is 3. The first-order valence-electron chi connectivity index (χ1n) is 9.13. The lowest BCUT2D eigenvalue weighted by atomic mass is 10.2. The zero-order chi connectivity index (χ0) is 20.1. The average molecular weight is 398 g/mol. The van der Waals surface area contributed by atoms with Gasteiger partial charge in [0, 0.05) is 44.5 Å². The monoisotopic (exact) mass is 397 g/mol. The molecule has 1 aromatic heterocycles. The van der Waals surface area contributed by atoms with E-state index in [2.05, 4.69) is 26.5 Å². The van der Waals surface area contributed by atoms with Crippen LogP contribution in [0.5, 0.6) is 0 Å². The predicted molar refractivity (Wildman–Crippen MR) is 112 cm³/mol. The highest BCUT2D eigenvalue weighted by molar-refractivity contribution is 7.11. The van der Waals surface area contributed by atoms with Crippen molar-refractivity contribution < 1.29 is 9.59 Å². The van der Waals surface area contributed by atoms with Crippen LogP contribution >= 0.6 is 11.3 Å². The van der Waals surface area contributed by atoms with Gasteiger partial charge in [-0.25, -0.2) is 0 Å². The molecule has 1 aliphatic heterocycles. The van der Waals surface area contributed by atoms with Gasteiger partial charge in [-0.3, -0.25) is 14.5 Å². The van der Waals surface area contributed by atoms with E-state index in [1.54, 1.807) is 24.3 Å². The number of nitrogens with one attached hydrogen (secondary N) is 2. The fourth-order valence-electron chi connectivity index (χ4n) is 3.28. The van der Waals surface area contributed by atoms with Gasteiger partial charge in [-0.15, -0.1) is 11.3 Å². The SMILES string of the molecule is CC(=O)Nc1cccc(NC(=O)C(C)N2CCN(c3ccsc3C#N)CC2)c1. The third kappa shape index (κ3) is 4.68. The highest BCUT2D eigenvalue weighted by Gasteiger charge is 2.26. The van der Waals surface area contributed by atoms with Crippen LogP contribution in [0.15, 0.2) is 35.7 Å². The van der Waals surface area contributed by atoms with E-state index in [4.69, 9.17) is 0 Å². The van der Waals surface area contributed by atoms with Gasteiger partial charge in [-0.2, -0.15) is 5.26 Å². The number of benzene rings is 1. The normalized spacial score (nSPS) is 15.5. The van der Waals surface area contributed by atoms with E-state index in [1.807, 2.05) is 18.4 Å². The molecule has 0 spiro atoms. The van der Waals surface area contributed by atoms with Gasteiger partial charge in [0.05, 0.1) is 11.7 Å². The van der Waals surface area contributed by atoms with Gasteiger partial charge in [0.1, 0.15) is 10.9 Å². The topological polar surface area (TPSA) is 88.5 Å². The molecule has 2 amide bonds. The standard InChI is InChI=1S/C20H23N5O2S/c1-14(20(27)23-17-5-3-4-16(12-17)22-15(2)26)24-7-9-25(10-8-24)18-6-11-28-19(18)13-21/h3-6,11-12,14H,7-10H2,1-2H3,(H,22,26)(H,23,27). The molecule has 1 unspecified atom stereocenters. The largest absolute Gasteiger partial charge is 0.367 e. The summed E-state index contributed by atoms with van der Waals surface area (Å²) in [4.78, 5) is 28.9. The van der Waals surface area contributed by atoms with Gasteiger partial charge in [-0.05, 0) is 36.6 Å². The Morgan fingerprint density at radius 3 is 2.46 bits per heavy atom. The zero-order valence-electron chi connectivity index (χ0n) is 15.9. The maximum Gasteiger partial charge on any atom is 0.241 e. The molecule has 28 heavy (non-hydrogen) atoms. The van der Waals surface area contributed by atoms with Crippen LogP contribution in [0.2, 0.25) is 0 Å². The Hall–Kier alpha value is -2.89. The lowest BCUT2D eigenvalue weighted by Gasteiger charge is -2.38. The molecule has 3 rings (SSSR count). The number of piperazine rings is 1. The maximum atomic E-state index is 12.7. The number of carbonyl (C=O) groups excluding carboxylic acids is 2. The van der Waals surface area contributed by atoms with Gasteiger partial charge < -0.3 is 15.5 Å². The smallest absolute Gasteiger partial charge is 0.241 e. The molecule has 7 nitrogen and oxygen atoms in total. The van der Waals surface area contributed by atoms with E-state index in [1.165, 1.54) is 18.3 Å². The van der Waals surface area contributed by atoms with E-state index in [0.29, 0.717) is 11.4 Å². The summed E-state index contributed by atoms with van der Waals surface area (Å²) in [7, 11) is 0. The second-order valence-corrected chi connectivity index (χ2v) is 7.61. The quantitative estimate of drug-likeness (QED) is 0.810. The van der Waals surface area contributed by atoms with Crippen LogP contribution in [0.3, 0.4) is 0 Å². The molecule has 1 aromatic carbocycles. The first-order chi connectivity index (χ1) is 13.5. The first-order valence-corrected chi connectivity index (χ1v) is 10.0. The summed E-state index contributed by atoms with van der Waals surface area (Å²) in [6.07, 6.45) is 0. The van der Waals surface area contributed by atoms with Gasteiger partial charge in [0.2, 0.25) is 11.8 Å². The summed E-state index contributed by atoms with van der Waals surface area (Å²) in [5.41, 5.74) is 2.29. The van der Waals surface area contributed by atoms with E-state index in [0.717, 1.165) is 36.7 Å². The Balaban J connectivity index is 1.56. The second kappa shape index (κ2) is 8.87. The average Bonchev–Trinajstić information content (AvgIpc) is 3.16. The van der Waals surface area contributed by atoms with Crippen molar-refractivity contribution in [3.05, 3.63) is 40.6 Å². The summed E-state index contributed by atoms with van der Waals surface area (Å²) in [6.45, 7) is 6.40. The number of hydrogen-bond acceptors (Lipinski definition) is 6. The van der Waals surface area contributed by atoms with Crippen molar-refractivity contribution in [2.75, 3.05) is 41.7 Å². The fourth-order valence-corrected chi connectivity index (χ4v) is 3.98. The van der Waals surface area contributed by atoms with Crippen LogP contribution in [0, 0.1) is 11.3 Å². The lowest BCUT2D eigenvalue weighted by molar-refractivity contribution is -0.120. The van der Waals surface area contributed by atoms with Crippen molar-refractivity contribution in [2.45, 2.75) is 19.9 Å². The van der Waals surface area contributed by atoms with E-state index in [-0.39, 0.29) is 17.9 Å². The van der Waals surface area contributed by atoms with Crippen LogP contribution in [-0.2, 0) is 9.59 Å². The van der Waals surface area contributed by atoms with E-state index in [9.17, 15) is 14.9 Å². The van der Waals surface area contributed by atoms with Gasteiger partial charge in [-0.1, -0.05) is 6.07 Å². The second-order valence-electron chi connectivity index (χ2n) is 6.70. The number of nitriles is 1. The summed E-state index contributed by atoms with van der Waals surface area (Å²) in [6, 6.07) is 11.1. The Bertz CT molecular complexity index is 896. The fraction of sp³-hybridized carbons (Fsp3) is 0.350. The molecule has 2 heterocycles. The first kappa shape index (κ1) is 19.9. The van der Waals surface area contributed by atoms with Crippen LogP contribution in [-0.4, -0.2) is 48.9 Å². The van der Waals surface area contributed by atoms with Crippen molar-refractivity contribution in [3.8, 4) is 6.07 Å². The molecule has 1 saturated heterocycles. The maximum absolute atomic E-state index is 12.7. The minimum atomic E-state index is -0.274. The van der Waals surface area contributed by atoms with Crippen molar-refractivity contribution in [1.29, 1.82) is 5.26 Å². The number of nitrogens with zero attached hydrogens (tertiary/aromatic N) is 3. The molecule has 1 fully saturated rings. The molecular formula is C20H23N5O2S. The van der Waals surface area contributed by atoms with Crippen LogP contribution in [0.4, 0.5) is 17.1 Å². The molecular weight excluding hydrogens is 374 g/mol. The minimum Gasteiger partial charge on any atom is -0.367 e. The number of thiophene rings is 1. The Labute approximate surface area is 168 Å². The molecule has 8 heteroatoms. The molecule has 2 N–H and O–H groups in total. The van der Waals surface area contributed by atoms with Crippen molar-refractivity contribution >= 4 is 40.2 Å². The number of rotatable bonds is 5. The third-order valence-corrected chi connectivity index (χ3v) is 5.59. The van der Waals surface area contributed by atoms with E-state index >= 15 is 0 Å². The Kier molecular flexibility index (Phi) is 6.29. The summed E-state index contributed by atoms with van der Waals surface area (Å²) < 4.78 is 0. The summed E-state index contributed by atoms with van der Waals surface area (Å²) >= 11 is 1.45. The van der Waals surface area contributed by atoms with Gasteiger partial charge >= 0.3 is 0 Å². The highest BCUT2D eigenvalue weighted by Crippen LogP contribution is 2.26. The molecule has 0 radical (unpaired) electrons. The Morgan fingerprint density at radius 2 is 1.82 bits per heavy atom. The molecule has 2 aromatic rings. The van der Waals surface area contributed by atoms with Gasteiger partial charge in [0.15, 0.2) is 0 Å². The number of hydrogen-bond donors (Lipinski definition) is 2. The molecule has 0 bridgehead atoms. The molecule has 1 aliphatic rings. The van der Waals surface area contributed by atoms with Crippen molar-refractivity contribution in [3.63, 3.8) is 0 Å². The molecule has 0 aliphatic carbocycles. The van der Waals surface area contributed by atoms with E-state index < -0.39 is 0 Å². The number of amides is 2.